The molecule has 2 rings (SSSR count). The number of hydrogen-bond donors (Lipinski definition) is 1. The van der Waals surface area contributed by atoms with Gasteiger partial charge < -0.3 is 5.73 Å². The topological polar surface area (TPSA) is 26.0 Å². The highest BCUT2D eigenvalue weighted by atomic mass is 14.8. The highest BCUT2D eigenvalue weighted by Gasteiger charge is 2.70. The summed E-state index contributed by atoms with van der Waals surface area (Å²) >= 11 is 0. The van der Waals surface area contributed by atoms with Crippen molar-refractivity contribution < 1.29 is 0 Å². The van der Waals surface area contributed by atoms with Crippen LogP contribution in [0.2, 0.25) is 0 Å². The molecule has 1 nitrogen and oxygen atoms in total. The molecule has 2 fully saturated rings. The zero-order valence-corrected chi connectivity index (χ0v) is 8.56. The highest BCUT2D eigenvalue weighted by Crippen LogP contribution is 2.74. The predicted molar refractivity (Wildman–Crippen MR) is 51.8 cm³/mol. The predicted octanol–water partition coefficient (Wildman–Crippen LogP) is 2.41. The quantitative estimate of drug-likeness (QED) is 0.637. The fraction of sp³-hybridized carbons (Fsp3) is 1.00. The van der Waals surface area contributed by atoms with E-state index in [0.717, 1.165) is 18.4 Å². The average molecular weight is 167 g/mol. The van der Waals surface area contributed by atoms with E-state index in [4.69, 9.17) is 5.73 Å². The second-order valence-electron chi connectivity index (χ2n) is 5.52. The molecule has 0 amide bonds. The summed E-state index contributed by atoms with van der Waals surface area (Å²) in [5, 5.41) is 0. The number of nitrogens with two attached hydrogens (primary N) is 1. The molecule has 0 aromatic heterocycles. The van der Waals surface area contributed by atoms with E-state index in [1.165, 1.54) is 19.3 Å². The van der Waals surface area contributed by atoms with E-state index in [1.54, 1.807) is 0 Å². The molecular weight excluding hydrogens is 146 g/mol. The van der Waals surface area contributed by atoms with E-state index >= 15 is 0 Å². The smallest absolute Gasteiger partial charge is 0.00123 e. The molecule has 0 radical (unpaired) electrons. The van der Waals surface area contributed by atoms with Gasteiger partial charge in [0, 0.05) is 0 Å². The molecule has 2 N–H and O–H groups in total. The summed E-state index contributed by atoms with van der Waals surface area (Å²) < 4.78 is 0. The monoisotopic (exact) mass is 167 g/mol. The van der Waals surface area contributed by atoms with Crippen LogP contribution >= 0.6 is 0 Å². The van der Waals surface area contributed by atoms with Crippen LogP contribution < -0.4 is 5.73 Å². The average Bonchev–Trinajstić information content (AvgIpc) is 2.49. The minimum atomic E-state index is 0.532. The van der Waals surface area contributed by atoms with Gasteiger partial charge >= 0.3 is 0 Å². The van der Waals surface area contributed by atoms with Crippen molar-refractivity contribution in [1.29, 1.82) is 0 Å². The van der Waals surface area contributed by atoms with Gasteiger partial charge in [0.1, 0.15) is 0 Å². The van der Waals surface area contributed by atoms with Gasteiger partial charge in [-0.05, 0) is 42.1 Å². The Bertz CT molecular complexity index is 197. The zero-order valence-electron chi connectivity index (χ0n) is 8.56. The van der Waals surface area contributed by atoms with E-state index < -0.39 is 0 Å². The van der Waals surface area contributed by atoms with Crippen molar-refractivity contribution in [2.24, 2.45) is 28.4 Å². The summed E-state index contributed by atoms with van der Waals surface area (Å²) in [5.41, 5.74) is 7.00. The molecule has 0 heterocycles. The first-order valence-electron chi connectivity index (χ1n) is 5.24. The minimum Gasteiger partial charge on any atom is -0.330 e. The number of rotatable bonds is 1. The largest absolute Gasteiger partial charge is 0.330 e. The molecule has 2 aliphatic carbocycles. The fourth-order valence-corrected chi connectivity index (χ4v) is 3.77. The third-order valence-corrected chi connectivity index (χ3v) is 4.76. The highest BCUT2D eigenvalue weighted by molar-refractivity contribution is 5.19. The summed E-state index contributed by atoms with van der Waals surface area (Å²) in [6.45, 7) is 8.10. The second kappa shape index (κ2) is 2.25. The standard InChI is InChI=1S/C11H21N/c1-8-4-5-9-10(2,3)11(9,6-8)7-12/h8-9H,4-7,12H2,1-3H3. The maximum Gasteiger partial charge on any atom is -0.00123 e. The molecule has 0 aliphatic heterocycles. The van der Waals surface area contributed by atoms with E-state index in [0.29, 0.717) is 10.8 Å². The Hall–Kier alpha value is -0.0400. The molecule has 2 aliphatic rings. The van der Waals surface area contributed by atoms with Gasteiger partial charge in [-0.1, -0.05) is 27.2 Å². The molecular formula is C11H21N. The normalized spacial score (nSPS) is 50.0. The maximum absolute atomic E-state index is 5.92. The van der Waals surface area contributed by atoms with Gasteiger partial charge in [-0.2, -0.15) is 0 Å². The molecule has 0 aromatic carbocycles. The Morgan fingerprint density at radius 2 is 2.00 bits per heavy atom. The SMILES string of the molecule is CC1CCC2C(C)(C)C2(CN)C1. The molecule has 0 saturated heterocycles. The Morgan fingerprint density at radius 1 is 1.33 bits per heavy atom. The van der Waals surface area contributed by atoms with Gasteiger partial charge in [-0.15, -0.1) is 0 Å². The van der Waals surface area contributed by atoms with Gasteiger partial charge in [0.05, 0.1) is 0 Å². The van der Waals surface area contributed by atoms with Crippen molar-refractivity contribution in [3.8, 4) is 0 Å². The van der Waals surface area contributed by atoms with Crippen LogP contribution in [0.4, 0.5) is 0 Å². The van der Waals surface area contributed by atoms with Crippen molar-refractivity contribution in [3.05, 3.63) is 0 Å². The van der Waals surface area contributed by atoms with Gasteiger partial charge in [0.15, 0.2) is 0 Å². The summed E-state index contributed by atoms with van der Waals surface area (Å²) in [7, 11) is 0. The fourth-order valence-electron chi connectivity index (χ4n) is 3.77. The molecule has 0 bridgehead atoms. The zero-order chi connectivity index (χ0) is 8.98. The van der Waals surface area contributed by atoms with Crippen LogP contribution in [-0.2, 0) is 0 Å². The summed E-state index contributed by atoms with van der Waals surface area (Å²) in [4.78, 5) is 0. The van der Waals surface area contributed by atoms with E-state index in [2.05, 4.69) is 20.8 Å². The summed E-state index contributed by atoms with van der Waals surface area (Å²) in [6, 6.07) is 0. The molecule has 3 unspecified atom stereocenters. The van der Waals surface area contributed by atoms with Crippen LogP contribution in [0.25, 0.3) is 0 Å². The van der Waals surface area contributed by atoms with Crippen LogP contribution in [0.1, 0.15) is 40.0 Å². The minimum absolute atomic E-state index is 0.532. The number of fused-ring (bicyclic) bond motifs is 1. The Balaban J connectivity index is 2.19. The van der Waals surface area contributed by atoms with E-state index in [1.807, 2.05) is 0 Å². The molecule has 2 saturated carbocycles. The first-order chi connectivity index (χ1) is 5.54. The Kier molecular flexibility index (Phi) is 1.61. The first-order valence-corrected chi connectivity index (χ1v) is 5.24. The van der Waals surface area contributed by atoms with Crippen molar-refractivity contribution in [2.45, 2.75) is 40.0 Å². The van der Waals surface area contributed by atoms with Gasteiger partial charge in [-0.25, -0.2) is 0 Å². The molecule has 1 heteroatoms. The third kappa shape index (κ3) is 0.783. The molecule has 0 spiro atoms. The number of hydrogen-bond acceptors (Lipinski definition) is 1. The van der Waals surface area contributed by atoms with Crippen LogP contribution in [0.15, 0.2) is 0 Å². The lowest BCUT2D eigenvalue weighted by atomic mass is 9.80. The van der Waals surface area contributed by atoms with E-state index in [9.17, 15) is 0 Å². The third-order valence-electron chi connectivity index (χ3n) is 4.76. The van der Waals surface area contributed by atoms with Gasteiger partial charge in [-0.3, -0.25) is 0 Å². The molecule has 70 valence electrons. The molecule has 12 heavy (non-hydrogen) atoms. The van der Waals surface area contributed by atoms with Gasteiger partial charge in [0.25, 0.3) is 0 Å². The van der Waals surface area contributed by atoms with Crippen molar-refractivity contribution in [3.63, 3.8) is 0 Å². The Labute approximate surface area is 75.7 Å². The summed E-state index contributed by atoms with van der Waals surface area (Å²) in [5.74, 6) is 1.85. The van der Waals surface area contributed by atoms with E-state index in [-0.39, 0.29) is 0 Å². The Morgan fingerprint density at radius 3 is 2.50 bits per heavy atom. The van der Waals surface area contributed by atoms with Crippen molar-refractivity contribution in [1.82, 2.24) is 0 Å². The van der Waals surface area contributed by atoms with Crippen molar-refractivity contribution in [2.75, 3.05) is 6.54 Å². The van der Waals surface area contributed by atoms with Crippen LogP contribution in [0.5, 0.6) is 0 Å². The van der Waals surface area contributed by atoms with Crippen molar-refractivity contribution >= 4 is 0 Å². The lowest BCUT2D eigenvalue weighted by Gasteiger charge is -2.26. The van der Waals surface area contributed by atoms with Crippen LogP contribution in [0, 0.1) is 22.7 Å². The van der Waals surface area contributed by atoms with Gasteiger partial charge in [0.2, 0.25) is 0 Å². The summed E-state index contributed by atoms with van der Waals surface area (Å²) in [6.07, 6.45) is 4.22. The lowest BCUT2D eigenvalue weighted by molar-refractivity contribution is 0.258. The molecule has 0 aromatic rings. The second-order valence-corrected chi connectivity index (χ2v) is 5.52. The van der Waals surface area contributed by atoms with Crippen LogP contribution in [0.3, 0.4) is 0 Å². The van der Waals surface area contributed by atoms with Crippen LogP contribution in [-0.4, -0.2) is 6.54 Å². The molecule has 3 atom stereocenters. The lowest BCUT2D eigenvalue weighted by Crippen LogP contribution is -2.26. The maximum atomic E-state index is 5.92. The first kappa shape index (κ1) is 8.55.